The number of methoxy groups -OCH3 is 2. The minimum atomic E-state index is -4.69. The lowest BCUT2D eigenvalue weighted by Gasteiger charge is -2.40. The Labute approximate surface area is 255 Å². The summed E-state index contributed by atoms with van der Waals surface area (Å²) in [5, 5.41) is 4.26. The largest absolute Gasteiger partial charge is 0.497 e. The van der Waals surface area contributed by atoms with Crippen LogP contribution >= 0.6 is 0 Å². The molecule has 2 aromatic heterocycles. The Morgan fingerprint density at radius 3 is 2.48 bits per heavy atom. The van der Waals surface area contributed by atoms with Gasteiger partial charge in [0.25, 0.3) is 10.0 Å². The molecule has 0 N–H and O–H groups in total. The predicted molar refractivity (Wildman–Crippen MR) is 159 cm³/mol. The molecular formula is C31H35F2N5O5S. The number of nitrogens with zero attached hydrogens (tertiary/aromatic N) is 5. The van der Waals surface area contributed by atoms with Gasteiger partial charge in [0.15, 0.2) is 11.6 Å². The number of aromatic nitrogens is 4. The lowest BCUT2D eigenvalue weighted by Crippen LogP contribution is -2.37. The SMILES string of the molecule is COc1ccc(CN(c2ccncn2)S(=O)(=O)c2cc(F)c(O[C@H]3CC(C)(C)CC[C@@H]3c3ccnn3C)cc2F)c(OC)c1. The summed E-state index contributed by atoms with van der Waals surface area (Å²) in [4.78, 5) is 7.07. The van der Waals surface area contributed by atoms with Crippen LogP contribution in [0, 0.1) is 17.0 Å². The highest BCUT2D eigenvalue weighted by Crippen LogP contribution is 2.45. The summed E-state index contributed by atoms with van der Waals surface area (Å²) in [6, 6.07) is 9.58. The lowest BCUT2D eigenvalue weighted by molar-refractivity contribution is 0.0587. The van der Waals surface area contributed by atoms with E-state index in [0.29, 0.717) is 29.5 Å². The van der Waals surface area contributed by atoms with Crippen LogP contribution in [0.3, 0.4) is 0 Å². The van der Waals surface area contributed by atoms with Crippen LogP contribution in [0.15, 0.2) is 66.1 Å². The summed E-state index contributed by atoms with van der Waals surface area (Å²) in [6.07, 6.45) is 6.03. The molecule has 2 atom stereocenters. The highest BCUT2D eigenvalue weighted by Gasteiger charge is 2.39. The minimum Gasteiger partial charge on any atom is -0.497 e. The molecule has 0 aliphatic heterocycles. The average Bonchev–Trinajstić information content (AvgIpc) is 3.42. The summed E-state index contributed by atoms with van der Waals surface area (Å²) in [6.45, 7) is 3.92. The first-order chi connectivity index (χ1) is 20.9. The van der Waals surface area contributed by atoms with Gasteiger partial charge >= 0.3 is 0 Å². The maximum Gasteiger partial charge on any atom is 0.268 e. The molecule has 0 radical (unpaired) electrons. The van der Waals surface area contributed by atoms with Gasteiger partial charge < -0.3 is 14.2 Å². The van der Waals surface area contributed by atoms with Crippen molar-refractivity contribution in [2.45, 2.75) is 56.6 Å². The van der Waals surface area contributed by atoms with Crippen molar-refractivity contribution in [1.29, 1.82) is 0 Å². The highest BCUT2D eigenvalue weighted by molar-refractivity contribution is 7.92. The number of hydrogen-bond acceptors (Lipinski definition) is 8. The number of aryl methyl sites for hydroxylation is 1. The standard InChI is InChI=1S/C31H35F2N5O5S/c1-31(2)11-8-22(25-9-13-36-37(25)3)28(17-31)43-27-15-24(33)29(16-23(27)32)44(39,40)38(30-10-12-34-19-35-30)18-20-6-7-21(41-4)14-26(20)42-5/h6-7,9-10,12-16,19,22,28H,8,11,17-18H2,1-5H3/t22-,28+/m1/s1. The van der Waals surface area contributed by atoms with Gasteiger partial charge in [-0.1, -0.05) is 13.8 Å². The summed E-state index contributed by atoms with van der Waals surface area (Å²) >= 11 is 0. The van der Waals surface area contributed by atoms with Crippen LogP contribution in [0.1, 0.15) is 50.3 Å². The number of ether oxygens (including phenoxy) is 3. The molecular weight excluding hydrogens is 592 g/mol. The quantitative estimate of drug-likeness (QED) is 0.222. The molecule has 0 bridgehead atoms. The first-order valence-electron chi connectivity index (χ1n) is 14.1. The summed E-state index contributed by atoms with van der Waals surface area (Å²) in [7, 11) is 0.0615. The van der Waals surface area contributed by atoms with E-state index in [-0.39, 0.29) is 29.4 Å². The molecule has 10 nitrogen and oxygen atoms in total. The van der Waals surface area contributed by atoms with Gasteiger partial charge in [0, 0.05) is 60.9 Å². The third kappa shape index (κ3) is 6.33. The average molecular weight is 628 g/mol. The van der Waals surface area contributed by atoms with Crippen LogP contribution in [-0.2, 0) is 23.6 Å². The molecule has 13 heteroatoms. The third-order valence-corrected chi connectivity index (χ3v) is 9.80. The molecule has 1 saturated carbocycles. The summed E-state index contributed by atoms with van der Waals surface area (Å²) in [5.74, 6) is -1.82. The molecule has 0 amide bonds. The Balaban J connectivity index is 1.50. The van der Waals surface area contributed by atoms with Crippen LogP contribution in [0.5, 0.6) is 17.2 Å². The predicted octanol–water partition coefficient (Wildman–Crippen LogP) is 5.64. The fraction of sp³-hybridized carbons (Fsp3) is 0.387. The molecule has 44 heavy (non-hydrogen) atoms. The number of hydrogen-bond donors (Lipinski definition) is 0. The van der Waals surface area contributed by atoms with Crippen molar-refractivity contribution in [2.24, 2.45) is 12.5 Å². The molecule has 5 rings (SSSR count). The molecule has 2 heterocycles. The maximum atomic E-state index is 15.8. The van der Waals surface area contributed by atoms with Crippen molar-refractivity contribution in [2.75, 3.05) is 18.5 Å². The van der Waals surface area contributed by atoms with Crippen molar-refractivity contribution in [3.8, 4) is 17.2 Å². The van der Waals surface area contributed by atoms with Crippen molar-refractivity contribution in [3.05, 3.63) is 84.1 Å². The molecule has 234 valence electrons. The van der Waals surface area contributed by atoms with E-state index < -0.39 is 32.7 Å². The van der Waals surface area contributed by atoms with E-state index >= 15 is 8.78 Å². The van der Waals surface area contributed by atoms with Crippen molar-refractivity contribution >= 4 is 15.8 Å². The van der Waals surface area contributed by atoms with Crippen molar-refractivity contribution < 1.29 is 31.4 Å². The zero-order valence-electron chi connectivity index (χ0n) is 25.2. The van der Waals surface area contributed by atoms with E-state index in [2.05, 4.69) is 28.9 Å². The zero-order valence-corrected chi connectivity index (χ0v) is 26.0. The van der Waals surface area contributed by atoms with E-state index in [1.807, 2.05) is 13.1 Å². The van der Waals surface area contributed by atoms with Gasteiger partial charge in [-0.2, -0.15) is 5.10 Å². The van der Waals surface area contributed by atoms with Gasteiger partial charge in [0.1, 0.15) is 40.5 Å². The van der Waals surface area contributed by atoms with E-state index in [1.165, 1.54) is 32.8 Å². The molecule has 1 fully saturated rings. The van der Waals surface area contributed by atoms with Gasteiger partial charge in [-0.3, -0.25) is 4.68 Å². The van der Waals surface area contributed by atoms with E-state index in [0.717, 1.165) is 28.9 Å². The van der Waals surface area contributed by atoms with Gasteiger partial charge in [-0.25, -0.2) is 31.5 Å². The van der Waals surface area contributed by atoms with E-state index in [4.69, 9.17) is 14.2 Å². The Morgan fingerprint density at radius 2 is 1.82 bits per heavy atom. The monoisotopic (exact) mass is 627 g/mol. The summed E-state index contributed by atoms with van der Waals surface area (Å²) < 4.78 is 78.9. The normalized spacial score (nSPS) is 18.1. The number of rotatable bonds is 10. The molecule has 4 aromatic rings. The number of anilines is 1. The maximum absolute atomic E-state index is 15.8. The number of sulfonamides is 1. The second-order valence-corrected chi connectivity index (χ2v) is 13.4. The van der Waals surface area contributed by atoms with Gasteiger partial charge in [-0.15, -0.1) is 0 Å². The second kappa shape index (κ2) is 12.4. The smallest absolute Gasteiger partial charge is 0.268 e. The van der Waals surface area contributed by atoms with E-state index in [1.54, 1.807) is 29.1 Å². The van der Waals surface area contributed by atoms with Crippen LogP contribution in [0.25, 0.3) is 0 Å². The first-order valence-corrected chi connectivity index (χ1v) is 15.5. The van der Waals surface area contributed by atoms with Crippen molar-refractivity contribution in [1.82, 2.24) is 19.7 Å². The number of halogens is 2. The Bertz CT molecular complexity index is 1730. The Morgan fingerprint density at radius 1 is 1.02 bits per heavy atom. The highest BCUT2D eigenvalue weighted by atomic mass is 32.2. The van der Waals surface area contributed by atoms with Crippen LogP contribution < -0.4 is 18.5 Å². The molecule has 0 unspecified atom stereocenters. The van der Waals surface area contributed by atoms with E-state index in [9.17, 15) is 8.42 Å². The fourth-order valence-corrected chi connectivity index (χ4v) is 7.13. The lowest BCUT2D eigenvalue weighted by atomic mass is 9.70. The molecule has 2 aromatic carbocycles. The van der Waals surface area contributed by atoms with Gasteiger partial charge in [-0.05, 0) is 42.9 Å². The first kappa shape index (κ1) is 31.2. The zero-order chi connectivity index (χ0) is 31.6. The summed E-state index contributed by atoms with van der Waals surface area (Å²) in [5.41, 5.74) is 1.29. The molecule has 0 spiro atoms. The van der Waals surface area contributed by atoms with Crippen LogP contribution in [0.4, 0.5) is 14.6 Å². The minimum absolute atomic E-state index is 0.0403. The molecule has 0 saturated heterocycles. The topological polar surface area (TPSA) is 109 Å². The second-order valence-electron chi connectivity index (χ2n) is 11.5. The Hall–Kier alpha value is -4.26. The van der Waals surface area contributed by atoms with Crippen LogP contribution in [0.2, 0.25) is 0 Å². The van der Waals surface area contributed by atoms with Crippen LogP contribution in [-0.4, -0.2) is 48.5 Å². The Kier molecular flexibility index (Phi) is 8.78. The molecule has 1 aliphatic rings. The molecule has 1 aliphatic carbocycles. The fourth-order valence-electron chi connectivity index (χ4n) is 5.67. The third-order valence-electron chi connectivity index (χ3n) is 8.04. The number of benzene rings is 2. The van der Waals surface area contributed by atoms with Crippen molar-refractivity contribution in [3.63, 3.8) is 0 Å². The van der Waals surface area contributed by atoms with Gasteiger partial charge in [0.2, 0.25) is 0 Å². The van der Waals surface area contributed by atoms with Gasteiger partial charge in [0.05, 0.1) is 20.8 Å².